The fourth-order valence-electron chi connectivity index (χ4n) is 2.60. The lowest BCUT2D eigenvalue weighted by atomic mass is 9.96. The van der Waals surface area contributed by atoms with Crippen LogP contribution < -0.4 is 10.6 Å². The van der Waals surface area contributed by atoms with E-state index in [9.17, 15) is 10.1 Å². The Morgan fingerprint density at radius 2 is 2.09 bits per heavy atom. The molecule has 0 atom stereocenters. The number of nitrogens with one attached hydrogen (secondary N) is 2. The number of hydrogen-bond acceptors (Lipinski definition) is 3. The Morgan fingerprint density at radius 3 is 2.73 bits per heavy atom. The summed E-state index contributed by atoms with van der Waals surface area (Å²) in [4.78, 5) is 14.6. The van der Waals surface area contributed by atoms with Crippen molar-refractivity contribution >= 4 is 35.6 Å². The second-order valence-electron chi connectivity index (χ2n) is 5.33. The average Bonchev–Trinajstić information content (AvgIpc) is 2.52. The van der Waals surface area contributed by atoms with Gasteiger partial charge in [-0.2, -0.15) is 0 Å². The molecule has 0 aromatic heterocycles. The molecule has 6 nitrogen and oxygen atoms in total. The van der Waals surface area contributed by atoms with E-state index in [4.69, 9.17) is 0 Å². The molecule has 1 aromatic carbocycles. The number of hydrogen-bond donors (Lipinski definition) is 2. The van der Waals surface area contributed by atoms with Gasteiger partial charge in [0.1, 0.15) is 0 Å². The smallest absolute Gasteiger partial charge is 0.269 e. The van der Waals surface area contributed by atoms with Crippen LogP contribution in [0.5, 0.6) is 0 Å². The Bertz CT molecular complexity index is 516. The van der Waals surface area contributed by atoms with E-state index in [1.165, 1.54) is 38.2 Å². The molecule has 0 bridgehead atoms. The molecule has 0 saturated heterocycles. The molecule has 0 amide bonds. The summed E-state index contributed by atoms with van der Waals surface area (Å²) in [6.07, 6.45) is 6.20. The zero-order chi connectivity index (χ0) is 15.1. The molecule has 1 saturated carbocycles. The summed E-state index contributed by atoms with van der Waals surface area (Å²) in [6, 6.07) is 7.13. The van der Waals surface area contributed by atoms with Crippen molar-refractivity contribution in [1.82, 2.24) is 10.6 Å². The maximum atomic E-state index is 10.8. The van der Waals surface area contributed by atoms with Gasteiger partial charge in [-0.3, -0.25) is 15.1 Å². The zero-order valence-electron chi connectivity index (χ0n) is 12.7. The predicted octanol–water partition coefficient (Wildman–Crippen LogP) is 3.21. The lowest BCUT2D eigenvalue weighted by Crippen LogP contribution is -2.43. The summed E-state index contributed by atoms with van der Waals surface area (Å²) in [7, 11) is 1.74. The fourth-order valence-corrected chi connectivity index (χ4v) is 2.60. The first kappa shape index (κ1) is 18.7. The van der Waals surface area contributed by atoms with Crippen LogP contribution >= 0.6 is 24.0 Å². The molecule has 2 rings (SSSR count). The summed E-state index contributed by atoms with van der Waals surface area (Å²) >= 11 is 0. The highest BCUT2D eigenvalue weighted by molar-refractivity contribution is 14.0. The van der Waals surface area contributed by atoms with Gasteiger partial charge >= 0.3 is 0 Å². The number of nitrogens with zero attached hydrogens (tertiary/aromatic N) is 2. The van der Waals surface area contributed by atoms with Gasteiger partial charge in [0.15, 0.2) is 5.96 Å². The molecule has 1 aromatic rings. The topological polar surface area (TPSA) is 79.6 Å². The second-order valence-corrected chi connectivity index (χ2v) is 5.33. The minimum absolute atomic E-state index is 0. The van der Waals surface area contributed by atoms with E-state index in [1.807, 2.05) is 6.07 Å². The normalized spacial score (nSPS) is 15.8. The van der Waals surface area contributed by atoms with Gasteiger partial charge in [0, 0.05) is 31.8 Å². The number of aliphatic imine (C=N–C) groups is 1. The van der Waals surface area contributed by atoms with Crippen LogP contribution in [-0.2, 0) is 6.54 Å². The standard InChI is InChI=1S/C15H22N4O2.HI/c1-16-15(18-13-7-3-2-4-8-13)17-11-12-6-5-9-14(10-12)19(20)21;/h5-6,9-10,13H,2-4,7-8,11H2,1H3,(H2,16,17,18);1H. The lowest BCUT2D eigenvalue weighted by molar-refractivity contribution is -0.384. The Balaban J connectivity index is 0.00000242. The molecule has 0 radical (unpaired) electrons. The molecular formula is C15H23IN4O2. The van der Waals surface area contributed by atoms with E-state index < -0.39 is 0 Å². The van der Waals surface area contributed by atoms with E-state index in [2.05, 4.69) is 15.6 Å². The number of non-ortho nitro benzene ring substituents is 1. The van der Waals surface area contributed by atoms with E-state index in [1.54, 1.807) is 19.2 Å². The number of halogens is 1. The molecule has 7 heteroatoms. The van der Waals surface area contributed by atoms with Crippen molar-refractivity contribution in [3.63, 3.8) is 0 Å². The van der Waals surface area contributed by atoms with Crippen molar-refractivity contribution in [2.24, 2.45) is 4.99 Å². The molecule has 0 unspecified atom stereocenters. The van der Waals surface area contributed by atoms with E-state index in [0.29, 0.717) is 12.6 Å². The lowest BCUT2D eigenvalue weighted by Gasteiger charge is -2.24. The van der Waals surface area contributed by atoms with Crippen LogP contribution in [0.2, 0.25) is 0 Å². The molecule has 0 aliphatic heterocycles. The van der Waals surface area contributed by atoms with Crippen LogP contribution in [0.1, 0.15) is 37.7 Å². The average molecular weight is 418 g/mol. The molecule has 22 heavy (non-hydrogen) atoms. The summed E-state index contributed by atoms with van der Waals surface area (Å²) in [6.45, 7) is 0.522. The van der Waals surface area contributed by atoms with Gasteiger partial charge in [0.05, 0.1) is 4.92 Å². The highest BCUT2D eigenvalue weighted by atomic mass is 127. The molecule has 1 fully saturated rings. The number of rotatable bonds is 4. The summed E-state index contributed by atoms with van der Waals surface area (Å²) < 4.78 is 0. The minimum atomic E-state index is -0.376. The minimum Gasteiger partial charge on any atom is -0.354 e. The molecule has 2 N–H and O–H groups in total. The number of nitro groups is 1. The number of benzene rings is 1. The van der Waals surface area contributed by atoms with Crippen LogP contribution in [0.25, 0.3) is 0 Å². The predicted molar refractivity (Wildman–Crippen MR) is 98.7 cm³/mol. The Hall–Kier alpha value is -1.38. The Labute approximate surface area is 148 Å². The number of nitro benzene ring substituents is 1. The Morgan fingerprint density at radius 1 is 1.36 bits per heavy atom. The molecule has 1 aliphatic rings. The molecular weight excluding hydrogens is 395 g/mol. The highest BCUT2D eigenvalue weighted by Crippen LogP contribution is 2.17. The van der Waals surface area contributed by atoms with Crippen molar-refractivity contribution in [3.8, 4) is 0 Å². The first-order valence-electron chi connectivity index (χ1n) is 7.39. The monoisotopic (exact) mass is 418 g/mol. The highest BCUT2D eigenvalue weighted by Gasteiger charge is 2.14. The fraction of sp³-hybridized carbons (Fsp3) is 0.533. The Kier molecular flexibility index (Phi) is 8.15. The quantitative estimate of drug-likeness (QED) is 0.259. The first-order chi connectivity index (χ1) is 10.2. The molecule has 122 valence electrons. The van der Waals surface area contributed by atoms with E-state index >= 15 is 0 Å². The molecule has 0 spiro atoms. The maximum absolute atomic E-state index is 10.8. The summed E-state index contributed by atoms with van der Waals surface area (Å²) in [5.74, 6) is 0.758. The van der Waals surface area contributed by atoms with Crippen LogP contribution in [0.15, 0.2) is 29.3 Å². The van der Waals surface area contributed by atoms with Gasteiger partial charge < -0.3 is 10.6 Å². The van der Waals surface area contributed by atoms with Crippen molar-refractivity contribution in [2.45, 2.75) is 44.7 Å². The maximum Gasteiger partial charge on any atom is 0.269 e. The van der Waals surface area contributed by atoms with Gasteiger partial charge in [0.2, 0.25) is 0 Å². The van der Waals surface area contributed by atoms with Gasteiger partial charge in [-0.1, -0.05) is 31.4 Å². The molecule has 1 aliphatic carbocycles. The van der Waals surface area contributed by atoms with Crippen LogP contribution in [-0.4, -0.2) is 24.0 Å². The van der Waals surface area contributed by atoms with Gasteiger partial charge in [0.25, 0.3) is 5.69 Å². The van der Waals surface area contributed by atoms with Crippen LogP contribution in [0, 0.1) is 10.1 Å². The van der Waals surface area contributed by atoms with Crippen LogP contribution in [0.3, 0.4) is 0 Å². The van der Waals surface area contributed by atoms with E-state index in [0.717, 1.165) is 11.5 Å². The third-order valence-corrected chi connectivity index (χ3v) is 3.75. The zero-order valence-corrected chi connectivity index (χ0v) is 15.1. The van der Waals surface area contributed by atoms with Gasteiger partial charge in [-0.15, -0.1) is 24.0 Å². The third-order valence-electron chi connectivity index (χ3n) is 3.75. The van der Waals surface area contributed by atoms with Crippen molar-refractivity contribution in [1.29, 1.82) is 0 Å². The second kappa shape index (κ2) is 9.60. The third kappa shape index (κ3) is 5.78. The summed E-state index contributed by atoms with van der Waals surface area (Å²) in [5.41, 5.74) is 0.986. The largest absolute Gasteiger partial charge is 0.354 e. The van der Waals surface area contributed by atoms with Gasteiger partial charge in [-0.05, 0) is 18.4 Å². The van der Waals surface area contributed by atoms with E-state index in [-0.39, 0.29) is 34.6 Å². The SMILES string of the molecule is CN=C(NCc1cccc([N+](=O)[O-])c1)NC1CCCCC1.I. The van der Waals surface area contributed by atoms with Crippen LogP contribution in [0.4, 0.5) is 5.69 Å². The van der Waals surface area contributed by atoms with Crippen molar-refractivity contribution in [3.05, 3.63) is 39.9 Å². The number of guanidine groups is 1. The van der Waals surface area contributed by atoms with Gasteiger partial charge in [-0.25, -0.2) is 0 Å². The summed E-state index contributed by atoms with van der Waals surface area (Å²) in [5, 5.41) is 17.4. The molecule has 0 heterocycles. The van der Waals surface area contributed by atoms with Crippen molar-refractivity contribution in [2.75, 3.05) is 7.05 Å². The first-order valence-corrected chi connectivity index (χ1v) is 7.39. The van der Waals surface area contributed by atoms with Crippen molar-refractivity contribution < 1.29 is 4.92 Å².